The topological polar surface area (TPSA) is 70.6 Å². The zero-order valence-electron chi connectivity index (χ0n) is 10.7. The second-order valence-electron chi connectivity index (χ2n) is 3.97. The fraction of sp³-hybridized carbons (Fsp3) is 0.0714. The molecule has 6 heteroatoms. The predicted octanol–water partition coefficient (Wildman–Crippen LogP) is 3.70. The monoisotopic (exact) mass is 292 g/mol. The van der Waals surface area contributed by atoms with E-state index in [9.17, 15) is 4.79 Å². The van der Waals surface area contributed by atoms with E-state index in [1.54, 1.807) is 30.3 Å². The van der Waals surface area contributed by atoms with Gasteiger partial charge in [0.15, 0.2) is 0 Å². The van der Waals surface area contributed by atoms with E-state index in [0.717, 1.165) is 0 Å². The minimum absolute atomic E-state index is 0.132. The number of ether oxygens (including phenoxy) is 1. The van der Waals surface area contributed by atoms with Crippen LogP contribution in [-0.2, 0) is 0 Å². The van der Waals surface area contributed by atoms with Crippen LogP contribution in [0.25, 0.3) is 0 Å². The van der Waals surface area contributed by atoms with Crippen molar-refractivity contribution in [2.45, 2.75) is 0 Å². The van der Waals surface area contributed by atoms with Crippen LogP contribution in [-0.4, -0.2) is 18.2 Å². The quantitative estimate of drug-likeness (QED) is 0.755. The van der Waals surface area contributed by atoms with Crippen LogP contribution in [0.5, 0.6) is 11.5 Å². The zero-order valence-corrected chi connectivity index (χ0v) is 11.4. The molecule has 0 spiro atoms. The lowest BCUT2D eigenvalue weighted by atomic mass is 10.3. The molecule has 2 aromatic rings. The molecule has 104 valence electrons. The van der Waals surface area contributed by atoms with Crippen LogP contribution in [0.2, 0.25) is 5.02 Å². The molecule has 3 N–H and O–H groups in total. The first-order valence-electron chi connectivity index (χ1n) is 5.79. The van der Waals surface area contributed by atoms with Crippen molar-refractivity contribution in [1.82, 2.24) is 0 Å². The minimum atomic E-state index is -0.434. The second kappa shape index (κ2) is 6.16. The zero-order chi connectivity index (χ0) is 14.5. The molecule has 5 nitrogen and oxygen atoms in total. The fourth-order valence-electron chi connectivity index (χ4n) is 1.61. The number of nitrogens with one attached hydrogen (secondary N) is 2. The molecule has 0 aliphatic carbocycles. The van der Waals surface area contributed by atoms with Gasteiger partial charge in [-0.1, -0.05) is 11.6 Å². The Labute approximate surface area is 121 Å². The molecule has 0 aromatic heterocycles. The van der Waals surface area contributed by atoms with Crippen LogP contribution in [0.4, 0.5) is 16.2 Å². The SMILES string of the molecule is COc1ccc(Cl)cc1NC(=O)Nc1ccc(O)cc1. The van der Waals surface area contributed by atoms with E-state index in [0.29, 0.717) is 22.1 Å². The van der Waals surface area contributed by atoms with Crippen LogP contribution in [0.15, 0.2) is 42.5 Å². The van der Waals surface area contributed by atoms with Gasteiger partial charge >= 0.3 is 6.03 Å². The number of halogens is 1. The summed E-state index contributed by atoms with van der Waals surface area (Å²) in [5, 5.41) is 14.9. The Balaban J connectivity index is 2.08. The van der Waals surface area contributed by atoms with Crippen molar-refractivity contribution in [2.75, 3.05) is 17.7 Å². The molecule has 0 heterocycles. The summed E-state index contributed by atoms with van der Waals surface area (Å²) in [6.45, 7) is 0. The van der Waals surface area contributed by atoms with Gasteiger partial charge in [0.2, 0.25) is 0 Å². The van der Waals surface area contributed by atoms with Crippen molar-refractivity contribution >= 4 is 29.0 Å². The van der Waals surface area contributed by atoms with Crippen LogP contribution in [0.3, 0.4) is 0 Å². The summed E-state index contributed by atoms with van der Waals surface area (Å²) < 4.78 is 5.13. The van der Waals surface area contributed by atoms with E-state index in [2.05, 4.69) is 10.6 Å². The van der Waals surface area contributed by atoms with Crippen molar-refractivity contribution in [3.8, 4) is 11.5 Å². The maximum Gasteiger partial charge on any atom is 0.323 e. The van der Waals surface area contributed by atoms with Crippen molar-refractivity contribution in [3.05, 3.63) is 47.5 Å². The third-order valence-electron chi connectivity index (χ3n) is 2.53. The Kier molecular flexibility index (Phi) is 4.32. The van der Waals surface area contributed by atoms with E-state index < -0.39 is 6.03 Å². The number of carbonyl (C=O) groups is 1. The third kappa shape index (κ3) is 3.55. The summed E-state index contributed by atoms with van der Waals surface area (Å²) in [6, 6.07) is 10.6. The normalized spacial score (nSPS) is 9.90. The Morgan fingerprint density at radius 2 is 1.85 bits per heavy atom. The van der Waals surface area contributed by atoms with Crippen molar-refractivity contribution in [1.29, 1.82) is 0 Å². The molecular weight excluding hydrogens is 280 g/mol. The number of phenolic OH excluding ortho intramolecular Hbond substituents is 1. The fourth-order valence-corrected chi connectivity index (χ4v) is 1.78. The number of aromatic hydroxyl groups is 1. The van der Waals surface area contributed by atoms with Gasteiger partial charge < -0.3 is 20.5 Å². The van der Waals surface area contributed by atoms with Gasteiger partial charge in [-0.25, -0.2) is 4.79 Å². The number of amides is 2. The van der Waals surface area contributed by atoms with Gasteiger partial charge in [0.1, 0.15) is 11.5 Å². The largest absolute Gasteiger partial charge is 0.508 e. The summed E-state index contributed by atoms with van der Waals surface area (Å²) in [4.78, 5) is 11.9. The van der Waals surface area contributed by atoms with E-state index in [1.165, 1.54) is 19.2 Å². The van der Waals surface area contributed by atoms with Crippen molar-refractivity contribution in [3.63, 3.8) is 0 Å². The Bertz CT molecular complexity index is 614. The molecule has 20 heavy (non-hydrogen) atoms. The molecular formula is C14H13ClN2O3. The average molecular weight is 293 g/mol. The van der Waals surface area contributed by atoms with Crippen LogP contribution >= 0.6 is 11.6 Å². The molecule has 2 rings (SSSR count). The lowest BCUT2D eigenvalue weighted by Crippen LogP contribution is -2.19. The number of anilines is 2. The lowest BCUT2D eigenvalue weighted by Gasteiger charge is -2.11. The molecule has 0 aliphatic heterocycles. The van der Waals surface area contributed by atoms with Gasteiger partial charge in [0.05, 0.1) is 12.8 Å². The molecule has 0 fully saturated rings. The van der Waals surface area contributed by atoms with E-state index >= 15 is 0 Å². The van der Waals surface area contributed by atoms with Gasteiger partial charge in [-0.2, -0.15) is 0 Å². The van der Waals surface area contributed by atoms with Crippen LogP contribution < -0.4 is 15.4 Å². The number of hydrogen-bond donors (Lipinski definition) is 3. The first-order valence-corrected chi connectivity index (χ1v) is 6.17. The van der Waals surface area contributed by atoms with Gasteiger partial charge in [-0.05, 0) is 42.5 Å². The summed E-state index contributed by atoms with van der Waals surface area (Å²) in [5.74, 6) is 0.641. The maximum absolute atomic E-state index is 11.9. The van der Waals surface area contributed by atoms with Gasteiger partial charge in [-0.3, -0.25) is 0 Å². The highest BCUT2D eigenvalue weighted by atomic mass is 35.5. The number of carbonyl (C=O) groups excluding carboxylic acids is 1. The molecule has 0 aliphatic rings. The summed E-state index contributed by atoms with van der Waals surface area (Å²) in [6.07, 6.45) is 0. The Morgan fingerprint density at radius 3 is 2.50 bits per heavy atom. The number of urea groups is 1. The van der Waals surface area contributed by atoms with Gasteiger partial charge in [-0.15, -0.1) is 0 Å². The Hall–Kier alpha value is -2.40. The first-order chi connectivity index (χ1) is 9.58. The third-order valence-corrected chi connectivity index (χ3v) is 2.77. The summed E-state index contributed by atoms with van der Waals surface area (Å²) in [7, 11) is 1.51. The number of hydrogen-bond acceptors (Lipinski definition) is 3. The van der Waals surface area contributed by atoms with Crippen LogP contribution in [0, 0.1) is 0 Å². The molecule has 0 unspecified atom stereocenters. The summed E-state index contributed by atoms with van der Waals surface area (Å²) in [5.41, 5.74) is 1.03. The smallest absolute Gasteiger partial charge is 0.323 e. The molecule has 2 aromatic carbocycles. The highest BCUT2D eigenvalue weighted by Gasteiger charge is 2.08. The molecule has 0 bridgehead atoms. The van der Waals surface area contributed by atoms with E-state index in [4.69, 9.17) is 21.4 Å². The predicted molar refractivity (Wildman–Crippen MR) is 78.8 cm³/mol. The number of phenols is 1. The molecule has 2 amide bonds. The molecule has 0 saturated heterocycles. The van der Waals surface area contributed by atoms with Gasteiger partial charge in [0.25, 0.3) is 0 Å². The Morgan fingerprint density at radius 1 is 1.15 bits per heavy atom. The minimum Gasteiger partial charge on any atom is -0.508 e. The standard InChI is InChI=1S/C14H13ClN2O3/c1-20-13-7-2-9(15)8-12(13)17-14(19)16-10-3-5-11(18)6-4-10/h2-8,18H,1H3,(H2,16,17,19). The summed E-state index contributed by atoms with van der Waals surface area (Å²) >= 11 is 5.88. The van der Waals surface area contributed by atoms with E-state index in [-0.39, 0.29) is 5.75 Å². The van der Waals surface area contributed by atoms with Gasteiger partial charge in [0, 0.05) is 10.7 Å². The first kappa shape index (κ1) is 14.0. The maximum atomic E-state index is 11.9. The second-order valence-corrected chi connectivity index (χ2v) is 4.41. The number of benzene rings is 2. The molecule has 0 saturated carbocycles. The molecule has 0 atom stereocenters. The number of rotatable bonds is 3. The van der Waals surface area contributed by atoms with Crippen molar-refractivity contribution < 1.29 is 14.6 Å². The van der Waals surface area contributed by atoms with Crippen LogP contribution in [0.1, 0.15) is 0 Å². The van der Waals surface area contributed by atoms with E-state index in [1.807, 2.05) is 0 Å². The average Bonchev–Trinajstić information content (AvgIpc) is 2.41. The highest BCUT2D eigenvalue weighted by Crippen LogP contribution is 2.27. The lowest BCUT2D eigenvalue weighted by molar-refractivity contribution is 0.262. The van der Waals surface area contributed by atoms with Crippen molar-refractivity contribution in [2.24, 2.45) is 0 Å². The molecule has 0 radical (unpaired) electrons. The number of methoxy groups -OCH3 is 1. The highest BCUT2D eigenvalue weighted by molar-refractivity contribution is 6.31.